The monoisotopic (exact) mass is 318 g/mol. The molecule has 0 radical (unpaired) electrons. The van der Waals surface area contributed by atoms with E-state index in [2.05, 4.69) is 22.0 Å². The molecule has 1 aromatic heterocycles. The molecule has 1 fully saturated rings. The first-order valence-corrected chi connectivity index (χ1v) is 8.16. The lowest BCUT2D eigenvalue weighted by atomic mass is 9.88. The molecule has 0 unspecified atom stereocenters. The van der Waals surface area contributed by atoms with Crippen LogP contribution in [0.25, 0.3) is 0 Å². The van der Waals surface area contributed by atoms with Crippen molar-refractivity contribution in [3.63, 3.8) is 0 Å². The second-order valence-corrected chi connectivity index (χ2v) is 6.10. The van der Waals surface area contributed by atoms with E-state index in [9.17, 15) is 4.79 Å². The van der Waals surface area contributed by atoms with Crippen molar-refractivity contribution in [3.8, 4) is 5.75 Å². The SMILES string of the molecule is CCCCC(=O)N1CCC2(CC1)CC(Oc1cncnc1)=NO2. The number of ether oxygens (including phenoxy) is 1. The quantitative estimate of drug-likeness (QED) is 0.850. The summed E-state index contributed by atoms with van der Waals surface area (Å²) in [7, 11) is 0. The van der Waals surface area contributed by atoms with E-state index in [0.717, 1.165) is 38.8 Å². The van der Waals surface area contributed by atoms with Gasteiger partial charge in [0, 0.05) is 32.4 Å². The molecule has 124 valence electrons. The minimum absolute atomic E-state index is 0.249. The van der Waals surface area contributed by atoms with Crippen molar-refractivity contribution in [3.05, 3.63) is 18.7 Å². The molecule has 7 nitrogen and oxygen atoms in total. The van der Waals surface area contributed by atoms with Gasteiger partial charge in [-0.1, -0.05) is 18.5 Å². The van der Waals surface area contributed by atoms with Gasteiger partial charge in [-0.05, 0) is 6.42 Å². The van der Waals surface area contributed by atoms with E-state index in [0.29, 0.717) is 24.5 Å². The molecule has 3 rings (SSSR count). The van der Waals surface area contributed by atoms with Crippen molar-refractivity contribution in [1.82, 2.24) is 14.9 Å². The van der Waals surface area contributed by atoms with E-state index in [1.165, 1.54) is 6.33 Å². The molecule has 2 aliphatic rings. The molecule has 0 bridgehead atoms. The molecule has 0 aromatic carbocycles. The summed E-state index contributed by atoms with van der Waals surface area (Å²) in [4.78, 5) is 27.5. The maximum atomic E-state index is 12.1. The summed E-state index contributed by atoms with van der Waals surface area (Å²) in [6.07, 6.45) is 9.47. The van der Waals surface area contributed by atoms with Gasteiger partial charge in [0.05, 0.1) is 18.8 Å². The zero-order valence-electron chi connectivity index (χ0n) is 13.4. The molecule has 0 saturated carbocycles. The van der Waals surface area contributed by atoms with Crippen LogP contribution in [0.3, 0.4) is 0 Å². The van der Waals surface area contributed by atoms with Crippen molar-refractivity contribution >= 4 is 11.8 Å². The molecule has 1 aromatic rings. The highest BCUT2D eigenvalue weighted by atomic mass is 16.7. The van der Waals surface area contributed by atoms with Crippen LogP contribution >= 0.6 is 0 Å². The lowest BCUT2D eigenvalue weighted by molar-refractivity contribution is -0.137. The van der Waals surface area contributed by atoms with Crippen molar-refractivity contribution in [2.75, 3.05) is 13.1 Å². The van der Waals surface area contributed by atoms with E-state index >= 15 is 0 Å². The molecule has 1 spiro atoms. The van der Waals surface area contributed by atoms with Crippen LogP contribution in [-0.2, 0) is 9.63 Å². The predicted octanol–water partition coefficient (Wildman–Crippen LogP) is 2.14. The van der Waals surface area contributed by atoms with Crippen LogP contribution in [0.4, 0.5) is 0 Å². The van der Waals surface area contributed by atoms with Crippen molar-refractivity contribution in [2.24, 2.45) is 5.16 Å². The molecule has 1 amide bonds. The lowest BCUT2D eigenvalue weighted by Gasteiger charge is -2.37. The van der Waals surface area contributed by atoms with E-state index < -0.39 is 0 Å². The summed E-state index contributed by atoms with van der Waals surface area (Å²) < 4.78 is 5.65. The highest BCUT2D eigenvalue weighted by Gasteiger charge is 2.43. The Morgan fingerprint density at radius 1 is 1.35 bits per heavy atom. The fraction of sp³-hybridized carbons (Fsp3) is 0.625. The van der Waals surface area contributed by atoms with Gasteiger partial charge in [-0.15, -0.1) is 0 Å². The van der Waals surface area contributed by atoms with Gasteiger partial charge in [0.15, 0.2) is 5.75 Å². The van der Waals surface area contributed by atoms with E-state index in [1.54, 1.807) is 12.4 Å². The van der Waals surface area contributed by atoms with Gasteiger partial charge in [-0.25, -0.2) is 9.97 Å². The summed E-state index contributed by atoms with van der Waals surface area (Å²) in [6.45, 7) is 3.54. The number of oxime groups is 1. The summed E-state index contributed by atoms with van der Waals surface area (Å²) in [5.41, 5.74) is -0.327. The minimum atomic E-state index is -0.327. The highest BCUT2D eigenvalue weighted by Crippen LogP contribution is 2.35. The Labute approximate surface area is 135 Å². The zero-order valence-corrected chi connectivity index (χ0v) is 13.4. The number of unbranched alkanes of at least 4 members (excludes halogenated alkanes) is 1. The number of aromatic nitrogens is 2. The third kappa shape index (κ3) is 3.78. The normalized spacial score (nSPS) is 19.3. The molecular formula is C16H22N4O3. The second kappa shape index (κ2) is 6.93. The number of hydrogen-bond acceptors (Lipinski definition) is 6. The number of likely N-dealkylation sites (tertiary alicyclic amines) is 1. The molecule has 23 heavy (non-hydrogen) atoms. The molecule has 3 heterocycles. The lowest BCUT2D eigenvalue weighted by Crippen LogP contribution is -2.46. The molecular weight excluding hydrogens is 296 g/mol. The number of carbonyl (C=O) groups excluding carboxylic acids is 1. The number of rotatable bonds is 4. The van der Waals surface area contributed by atoms with Crippen LogP contribution < -0.4 is 4.74 Å². The first-order chi connectivity index (χ1) is 11.2. The average Bonchev–Trinajstić information content (AvgIpc) is 2.96. The van der Waals surface area contributed by atoms with E-state index in [1.807, 2.05) is 4.90 Å². The number of piperidine rings is 1. The Hall–Kier alpha value is -2.18. The molecule has 2 aliphatic heterocycles. The summed E-state index contributed by atoms with van der Waals surface area (Å²) in [6, 6.07) is 0. The Morgan fingerprint density at radius 3 is 2.78 bits per heavy atom. The first-order valence-electron chi connectivity index (χ1n) is 8.16. The Kier molecular flexibility index (Phi) is 4.73. The smallest absolute Gasteiger partial charge is 0.235 e. The largest absolute Gasteiger partial charge is 0.436 e. The molecule has 0 N–H and O–H groups in total. The highest BCUT2D eigenvalue weighted by molar-refractivity contribution is 5.80. The van der Waals surface area contributed by atoms with Crippen molar-refractivity contribution in [1.29, 1.82) is 0 Å². The first kappa shape index (κ1) is 15.7. The topological polar surface area (TPSA) is 76.9 Å². The van der Waals surface area contributed by atoms with Crippen molar-refractivity contribution in [2.45, 2.75) is 51.0 Å². The minimum Gasteiger partial charge on any atom is -0.436 e. The molecule has 0 atom stereocenters. The van der Waals surface area contributed by atoms with Crippen LogP contribution in [0.5, 0.6) is 5.75 Å². The predicted molar refractivity (Wildman–Crippen MR) is 83.9 cm³/mol. The van der Waals surface area contributed by atoms with E-state index in [4.69, 9.17) is 9.57 Å². The molecule has 1 saturated heterocycles. The van der Waals surface area contributed by atoms with Gasteiger partial charge in [-0.2, -0.15) is 0 Å². The maximum Gasteiger partial charge on any atom is 0.235 e. The van der Waals surface area contributed by atoms with Gasteiger partial charge in [-0.3, -0.25) is 4.79 Å². The standard InChI is InChI=1S/C16H22N4O3/c1-2-3-4-15(21)20-7-5-16(6-8-20)9-14(19-23-16)22-13-10-17-12-18-11-13/h10-12H,2-9H2,1H3. The number of amides is 1. The zero-order chi connectivity index (χ0) is 16.1. The second-order valence-electron chi connectivity index (χ2n) is 6.10. The van der Waals surface area contributed by atoms with E-state index in [-0.39, 0.29) is 11.5 Å². The Morgan fingerprint density at radius 2 is 2.09 bits per heavy atom. The van der Waals surface area contributed by atoms with Gasteiger partial charge in [0.2, 0.25) is 11.8 Å². The fourth-order valence-corrected chi connectivity index (χ4v) is 2.93. The maximum absolute atomic E-state index is 12.1. The third-order valence-electron chi connectivity index (χ3n) is 4.36. The van der Waals surface area contributed by atoms with Crippen LogP contribution in [0.15, 0.2) is 23.9 Å². The van der Waals surface area contributed by atoms with Gasteiger partial charge in [0.25, 0.3) is 0 Å². The fourth-order valence-electron chi connectivity index (χ4n) is 2.93. The Balaban J connectivity index is 1.49. The van der Waals surface area contributed by atoms with Crippen molar-refractivity contribution < 1.29 is 14.4 Å². The van der Waals surface area contributed by atoms with Gasteiger partial charge < -0.3 is 14.5 Å². The molecule has 7 heteroatoms. The summed E-state index contributed by atoms with van der Waals surface area (Å²) in [5, 5.41) is 4.06. The number of nitrogens with zero attached hydrogens (tertiary/aromatic N) is 4. The summed E-state index contributed by atoms with van der Waals surface area (Å²) in [5.74, 6) is 1.35. The number of hydrogen-bond donors (Lipinski definition) is 0. The van der Waals surface area contributed by atoms with Crippen LogP contribution in [-0.4, -0.2) is 45.4 Å². The van der Waals surface area contributed by atoms with Gasteiger partial charge in [0.1, 0.15) is 11.9 Å². The average molecular weight is 318 g/mol. The molecule has 0 aliphatic carbocycles. The Bertz CT molecular complexity index is 568. The third-order valence-corrected chi connectivity index (χ3v) is 4.36. The van der Waals surface area contributed by atoms with Gasteiger partial charge >= 0.3 is 0 Å². The van der Waals surface area contributed by atoms with Crippen LogP contribution in [0, 0.1) is 0 Å². The number of carbonyl (C=O) groups is 1. The van der Waals surface area contributed by atoms with Crippen LogP contribution in [0.2, 0.25) is 0 Å². The summed E-state index contributed by atoms with van der Waals surface area (Å²) >= 11 is 0. The van der Waals surface area contributed by atoms with Crippen LogP contribution in [0.1, 0.15) is 45.4 Å².